The molecule has 0 amide bonds. The molecular weight excluding hydrogens is 426 g/mol. The van der Waals surface area contributed by atoms with E-state index < -0.39 is 15.9 Å². The average Bonchev–Trinajstić information content (AvgIpc) is 2.78. The highest BCUT2D eigenvalue weighted by molar-refractivity contribution is 7.90. The molecule has 3 N–H and O–H groups in total. The third-order valence-corrected chi connectivity index (χ3v) is 6.15. The summed E-state index contributed by atoms with van der Waals surface area (Å²) in [6.07, 6.45) is 2.45. The van der Waals surface area contributed by atoms with Crippen molar-refractivity contribution in [2.45, 2.75) is 17.9 Å². The van der Waals surface area contributed by atoms with Crippen molar-refractivity contribution < 1.29 is 8.42 Å². The van der Waals surface area contributed by atoms with E-state index in [0.29, 0.717) is 17.0 Å². The summed E-state index contributed by atoms with van der Waals surface area (Å²) >= 11 is 0. The largest absolute Gasteiger partial charge is 0.382 e. The van der Waals surface area contributed by atoms with Gasteiger partial charge in [-0.3, -0.25) is 0 Å². The maximum absolute atomic E-state index is 11.9. The smallest absolute Gasteiger partial charge is 0.175 e. The summed E-state index contributed by atoms with van der Waals surface area (Å²) in [6, 6.07) is 15.8. The van der Waals surface area contributed by atoms with Crippen LogP contribution in [-0.4, -0.2) is 34.8 Å². The molecule has 0 bridgehead atoms. The molecule has 1 unspecified atom stereocenters. The molecule has 32 heavy (non-hydrogen) atoms. The van der Waals surface area contributed by atoms with Crippen LogP contribution in [0.3, 0.4) is 0 Å². The first-order valence-corrected chi connectivity index (χ1v) is 11.5. The summed E-state index contributed by atoms with van der Waals surface area (Å²) < 4.78 is 23.8. The van der Waals surface area contributed by atoms with Gasteiger partial charge in [-0.15, -0.1) is 0 Å². The van der Waals surface area contributed by atoms with E-state index in [0.717, 1.165) is 16.5 Å². The molecule has 0 aliphatic rings. The number of nitrogens with one attached hydrogen (secondary N) is 1. The molecule has 2 heterocycles. The van der Waals surface area contributed by atoms with Crippen LogP contribution in [0.2, 0.25) is 0 Å². The lowest BCUT2D eigenvalue weighted by atomic mass is 9.96. The predicted octanol–water partition coefficient (Wildman–Crippen LogP) is 3.12. The Morgan fingerprint density at radius 2 is 1.78 bits per heavy atom. The highest BCUT2D eigenvalue weighted by atomic mass is 32.2. The molecule has 0 saturated carbocycles. The molecule has 0 aliphatic heterocycles. The number of benzene rings is 2. The number of fused-ring (bicyclic) bond motifs is 1. The topological polar surface area (TPSA) is 148 Å². The standard InChI is InChI=1S/C22H19N7O2S/c1-13(27-22-17(11-23)21(24)25-12-26-22)20-19(16-5-3-4-6-18(16)28-29-20)14-7-9-15(10-8-14)32(2,30)31/h3-10,12-13H,1-2H3,(H3,24,25,26,27). The Kier molecular flexibility index (Phi) is 5.42. The number of nitrogens with two attached hydrogens (primary N) is 1. The fourth-order valence-corrected chi connectivity index (χ4v) is 4.07. The number of nitrogen functional groups attached to an aromatic ring is 1. The molecule has 4 aromatic rings. The van der Waals surface area contributed by atoms with Gasteiger partial charge in [-0.1, -0.05) is 30.3 Å². The molecule has 2 aromatic heterocycles. The van der Waals surface area contributed by atoms with Gasteiger partial charge in [-0.05, 0) is 30.7 Å². The van der Waals surface area contributed by atoms with Crippen LogP contribution in [-0.2, 0) is 9.84 Å². The van der Waals surface area contributed by atoms with E-state index in [9.17, 15) is 13.7 Å². The van der Waals surface area contributed by atoms with Crippen molar-refractivity contribution in [3.05, 3.63) is 66.1 Å². The van der Waals surface area contributed by atoms with Gasteiger partial charge in [0.2, 0.25) is 0 Å². The lowest BCUT2D eigenvalue weighted by Crippen LogP contribution is -2.14. The van der Waals surface area contributed by atoms with E-state index >= 15 is 0 Å². The van der Waals surface area contributed by atoms with E-state index in [2.05, 4.69) is 25.5 Å². The van der Waals surface area contributed by atoms with E-state index in [1.54, 1.807) is 24.3 Å². The van der Waals surface area contributed by atoms with Gasteiger partial charge in [0.1, 0.15) is 29.6 Å². The first-order valence-electron chi connectivity index (χ1n) is 9.62. The maximum atomic E-state index is 11.9. The SMILES string of the molecule is CC(Nc1ncnc(N)c1C#N)c1nnc2ccccc2c1-c1ccc(S(C)(=O)=O)cc1. The molecule has 2 aromatic carbocycles. The van der Waals surface area contributed by atoms with Crippen LogP contribution < -0.4 is 11.1 Å². The minimum absolute atomic E-state index is 0.0818. The zero-order chi connectivity index (χ0) is 22.9. The van der Waals surface area contributed by atoms with Crippen molar-refractivity contribution in [3.8, 4) is 17.2 Å². The van der Waals surface area contributed by atoms with E-state index in [-0.39, 0.29) is 16.3 Å². The van der Waals surface area contributed by atoms with Gasteiger partial charge in [0.15, 0.2) is 9.84 Å². The fraction of sp³-hybridized carbons (Fsp3) is 0.136. The van der Waals surface area contributed by atoms with E-state index in [1.807, 2.05) is 37.3 Å². The Labute approximate surface area is 184 Å². The molecule has 0 aliphatic carbocycles. The molecule has 0 saturated heterocycles. The summed E-state index contributed by atoms with van der Waals surface area (Å²) in [4.78, 5) is 8.22. The van der Waals surface area contributed by atoms with Crippen LogP contribution in [0.4, 0.5) is 11.6 Å². The number of anilines is 2. The zero-order valence-corrected chi connectivity index (χ0v) is 18.1. The minimum atomic E-state index is -3.32. The fourth-order valence-electron chi connectivity index (χ4n) is 3.44. The molecule has 160 valence electrons. The third-order valence-electron chi connectivity index (χ3n) is 5.02. The molecule has 4 rings (SSSR count). The summed E-state index contributed by atoms with van der Waals surface area (Å²) in [5.41, 5.74) is 8.85. The Morgan fingerprint density at radius 3 is 2.47 bits per heavy atom. The van der Waals surface area contributed by atoms with E-state index in [1.165, 1.54) is 12.6 Å². The van der Waals surface area contributed by atoms with Crippen molar-refractivity contribution in [3.63, 3.8) is 0 Å². The van der Waals surface area contributed by atoms with Crippen LogP contribution in [0.15, 0.2) is 59.8 Å². The number of aromatic nitrogens is 4. The zero-order valence-electron chi connectivity index (χ0n) is 17.3. The number of nitriles is 1. The lowest BCUT2D eigenvalue weighted by molar-refractivity contribution is 0.602. The van der Waals surface area contributed by atoms with Gasteiger partial charge in [-0.2, -0.15) is 15.5 Å². The van der Waals surface area contributed by atoms with Crippen molar-refractivity contribution in [2.75, 3.05) is 17.3 Å². The van der Waals surface area contributed by atoms with Gasteiger partial charge in [0, 0.05) is 17.2 Å². The number of rotatable bonds is 5. The van der Waals surface area contributed by atoms with Crippen molar-refractivity contribution >= 4 is 32.4 Å². The Morgan fingerprint density at radius 1 is 1.06 bits per heavy atom. The molecule has 0 fully saturated rings. The van der Waals surface area contributed by atoms with Crippen LogP contribution >= 0.6 is 0 Å². The van der Waals surface area contributed by atoms with Gasteiger partial charge in [0.05, 0.1) is 22.1 Å². The number of hydrogen-bond donors (Lipinski definition) is 2. The second-order valence-corrected chi connectivity index (χ2v) is 9.25. The monoisotopic (exact) mass is 445 g/mol. The molecule has 0 radical (unpaired) electrons. The molecule has 0 spiro atoms. The Balaban J connectivity index is 1.86. The molecule has 9 nitrogen and oxygen atoms in total. The quantitative estimate of drug-likeness (QED) is 0.472. The van der Waals surface area contributed by atoms with Crippen LogP contribution in [0, 0.1) is 11.3 Å². The first-order chi connectivity index (χ1) is 15.3. The maximum Gasteiger partial charge on any atom is 0.175 e. The van der Waals surface area contributed by atoms with Gasteiger partial charge < -0.3 is 11.1 Å². The molecule has 1 atom stereocenters. The second kappa shape index (κ2) is 8.20. The van der Waals surface area contributed by atoms with Crippen LogP contribution in [0.25, 0.3) is 22.0 Å². The van der Waals surface area contributed by atoms with Gasteiger partial charge in [0.25, 0.3) is 0 Å². The van der Waals surface area contributed by atoms with Crippen molar-refractivity contribution in [1.82, 2.24) is 20.2 Å². The number of hydrogen-bond acceptors (Lipinski definition) is 9. The minimum Gasteiger partial charge on any atom is -0.382 e. The Hall–Kier alpha value is -4.10. The molecule has 10 heteroatoms. The number of nitrogens with zero attached hydrogens (tertiary/aromatic N) is 5. The summed E-state index contributed by atoms with van der Waals surface area (Å²) in [5, 5.41) is 22.2. The third kappa shape index (κ3) is 3.93. The van der Waals surface area contributed by atoms with Gasteiger partial charge in [-0.25, -0.2) is 18.4 Å². The van der Waals surface area contributed by atoms with Crippen molar-refractivity contribution in [2.24, 2.45) is 0 Å². The summed E-state index contributed by atoms with van der Waals surface area (Å²) in [7, 11) is -3.32. The Bertz CT molecular complexity index is 1460. The van der Waals surface area contributed by atoms with Crippen LogP contribution in [0.5, 0.6) is 0 Å². The highest BCUT2D eigenvalue weighted by Crippen LogP contribution is 2.34. The van der Waals surface area contributed by atoms with Gasteiger partial charge >= 0.3 is 0 Å². The summed E-state index contributed by atoms with van der Waals surface area (Å²) in [5.74, 6) is 0.374. The first kappa shape index (κ1) is 21.1. The highest BCUT2D eigenvalue weighted by Gasteiger charge is 2.20. The van der Waals surface area contributed by atoms with Crippen molar-refractivity contribution in [1.29, 1.82) is 5.26 Å². The average molecular weight is 446 g/mol. The second-order valence-electron chi connectivity index (χ2n) is 7.23. The lowest BCUT2D eigenvalue weighted by Gasteiger charge is -2.19. The van der Waals surface area contributed by atoms with E-state index in [4.69, 9.17) is 5.73 Å². The molecular formula is C22H19N7O2S. The number of sulfone groups is 1. The normalized spacial score (nSPS) is 12.3. The predicted molar refractivity (Wildman–Crippen MR) is 121 cm³/mol. The summed E-state index contributed by atoms with van der Waals surface area (Å²) in [6.45, 7) is 1.87. The van der Waals surface area contributed by atoms with Crippen LogP contribution in [0.1, 0.15) is 24.2 Å².